The number of carbonyl (C=O) groups excluding carboxylic acids is 2. The van der Waals surface area contributed by atoms with E-state index in [2.05, 4.69) is 0 Å². The zero-order chi connectivity index (χ0) is 16.4. The van der Waals surface area contributed by atoms with Gasteiger partial charge in [0.25, 0.3) is 0 Å². The third-order valence-corrected chi connectivity index (χ3v) is 5.67. The summed E-state index contributed by atoms with van der Waals surface area (Å²) >= 11 is 1.84. The maximum atomic E-state index is 14.3. The van der Waals surface area contributed by atoms with Crippen LogP contribution in [0.1, 0.15) is 24.4 Å². The molecule has 0 aliphatic carbocycles. The molecule has 2 saturated heterocycles. The number of carbonyl (C=O) groups is 2. The molecule has 2 aliphatic rings. The van der Waals surface area contributed by atoms with Crippen molar-refractivity contribution in [2.24, 2.45) is 5.92 Å². The Labute approximate surface area is 140 Å². The summed E-state index contributed by atoms with van der Waals surface area (Å²) < 4.78 is 14.3. The van der Waals surface area contributed by atoms with Crippen LogP contribution in [0.2, 0.25) is 0 Å². The lowest BCUT2D eigenvalue weighted by Gasteiger charge is -2.41. The van der Waals surface area contributed by atoms with Crippen molar-refractivity contribution in [2.75, 3.05) is 31.6 Å². The van der Waals surface area contributed by atoms with Gasteiger partial charge in [-0.05, 0) is 12.5 Å². The van der Waals surface area contributed by atoms with Crippen molar-refractivity contribution >= 4 is 23.6 Å². The third kappa shape index (κ3) is 3.22. The Hall–Kier alpha value is -1.56. The molecule has 0 spiro atoms. The second kappa shape index (κ2) is 6.91. The van der Waals surface area contributed by atoms with Crippen LogP contribution in [0, 0.1) is 11.7 Å². The highest BCUT2D eigenvalue weighted by Gasteiger charge is 2.41. The first-order valence-electron chi connectivity index (χ1n) is 7.96. The smallest absolute Gasteiger partial charge is 0.228 e. The van der Waals surface area contributed by atoms with E-state index in [1.165, 1.54) is 6.07 Å². The average Bonchev–Trinajstić information content (AvgIpc) is 2.58. The van der Waals surface area contributed by atoms with Gasteiger partial charge in [0.2, 0.25) is 11.8 Å². The Morgan fingerprint density at radius 2 is 1.96 bits per heavy atom. The molecule has 1 aromatic carbocycles. The Kier molecular flexibility index (Phi) is 4.90. The van der Waals surface area contributed by atoms with Crippen LogP contribution >= 0.6 is 11.8 Å². The first kappa shape index (κ1) is 16.3. The second-order valence-corrected chi connectivity index (χ2v) is 7.28. The van der Waals surface area contributed by atoms with Crippen LogP contribution in [-0.2, 0) is 9.59 Å². The number of likely N-dealkylation sites (tertiary alicyclic amines) is 1. The van der Waals surface area contributed by atoms with Gasteiger partial charge in [-0.3, -0.25) is 9.59 Å². The van der Waals surface area contributed by atoms with Gasteiger partial charge in [0.15, 0.2) is 0 Å². The fourth-order valence-corrected chi connectivity index (χ4v) is 4.36. The summed E-state index contributed by atoms with van der Waals surface area (Å²) in [5.74, 6) is 1.19. The largest absolute Gasteiger partial charge is 0.341 e. The molecule has 0 saturated carbocycles. The van der Waals surface area contributed by atoms with Gasteiger partial charge >= 0.3 is 0 Å². The van der Waals surface area contributed by atoms with Gasteiger partial charge in [-0.25, -0.2) is 4.39 Å². The number of hydrogen-bond donors (Lipinski definition) is 0. The summed E-state index contributed by atoms with van der Waals surface area (Å²) in [6, 6.07) is 5.94. The number of halogens is 1. The molecule has 4 nitrogen and oxygen atoms in total. The van der Waals surface area contributed by atoms with E-state index in [0.29, 0.717) is 18.4 Å². The van der Waals surface area contributed by atoms with Gasteiger partial charge in [-0.15, -0.1) is 0 Å². The van der Waals surface area contributed by atoms with Crippen LogP contribution in [0.15, 0.2) is 24.3 Å². The number of hydrogen-bond acceptors (Lipinski definition) is 3. The fraction of sp³-hybridized carbons (Fsp3) is 0.529. The Morgan fingerprint density at radius 1 is 1.26 bits per heavy atom. The molecule has 0 bridgehead atoms. The van der Waals surface area contributed by atoms with Gasteiger partial charge in [0.05, 0.1) is 12.0 Å². The van der Waals surface area contributed by atoms with Crippen molar-refractivity contribution in [3.63, 3.8) is 0 Å². The van der Waals surface area contributed by atoms with Crippen LogP contribution in [-0.4, -0.2) is 53.3 Å². The molecular formula is C17H21FN2O2S. The van der Waals surface area contributed by atoms with Crippen LogP contribution in [0.25, 0.3) is 0 Å². The molecule has 2 atom stereocenters. The minimum Gasteiger partial charge on any atom is -0.341 e. The molecule has 6 heteroatoms. The molecule has 0 radical (unpaired) electrons. The minimum atomic E-state index is -0.514. The second-order valence-electron chi connectivity index (χ2n) is 6.05. The standard InChI is InChI=1S/C17H21FN2O2S/c1-19-15(21)7-6-13(17(22)20-8-10-23-11-9-20)16(19)12-4-2-3-5-14(12)18/h2-5,13,16H,6-11H2,1H3/t13-,16+/m0/s1. The van der Waals surface area contributed by atoms with Crippen molar-refractivity contribution in [2.45, 2.75) is 18.9 Å². The zero-order valence-corrected chi connectivity index (χ0v) is 14.0. The molecule has 2 aliphatic heterocycles. The van der Waals surface area contributed by atoms with Gasteiger partial charge in [-0.2, -0.15) is 11.8 Å². The van der Waals surface area contributed by atoms with Crippen LogP contribution in [0.5, 0.6) is 0 Å². The average molecular weight is 336 g/mol. The lowest BCUT2D eigenvalue weighted by molar-refractivity contribution is -0.146. The normalized spacial score (nSPS) is 25.6. The molecular weight excluding hydrogens is 315 g/mol. The topological polar surface area (TPSA) is 40.6 Å². The molecule has 2 fully saturated rings. The van der Waals surface area contributed by atoms with E-state index in [9.17, 15) is 14.0 Å². The van der Waals surface area contributed by atoms with Crippen LogP contribution in [0.3, 0.4) is 0 Å². The van der Waals surface area contributed by atoms with Crippen LogP contribution in [0.4, 0.5) is 4.39 Å². The van der Waals surface area contributed by atoms with E-state index >= 15 is 0 Å². The highest BCUT2D eigenvalue weighted by atomic mass is 32.2. The Balaban J connectivity index is 1.91. The van der Waals surface area contributed by atoms with Crippen molar-refractivity contribution in [3.8, 4) is 0 Å². The number of thioether (sulfide) groups is 1. The summed E-state index contributed by atoms with van der Waals surface area (Å²) in [6.45, 7) is 1.48. The van der Waals surface area contributed by atoms with Crippen molar-refractivity contribution in [3.05, 3.63) is 35.6 Å². The maximum Gasteiger partial charge on any atom is 0.228 e. The van der Waals surface area contributed by atoms with Crippen molar-refractivity contribution in [1.29, 1.82) is 0 Å². The predicted molar refractivity (Wildman–Crippen MR) is 88.5 cm³/mol. The summed E-state index contributed by atoms with van der Waals surface area (Å²) in [5, 5.41) is 0. The molecule has 2 amide bonds. The molecule has 0 N–H and O–H groups in total. The van der Waals surface area contributed by atoms with E-state index < -0.39 is 6.04 Å². The third-order valence-electron chi connectivity index (χ3n) is 4.72. The van der Waals surface area contributed by atoms with Gasteiger partial charge in [0.1, 0.15) is 5.82 Å². The number of rotatable bonds is 2. The van der Waals surface area contributed by atoms with E-state index in [-0.39, 0.29) is 23.5 Å². The van der Waals surface area contributed by atoms with Gasteiger partial charge < -0.3 is 9.80 Å². The molecule has 1 aromatic rings. The van der Waals surface area contributed by atoms with Gasteiger partial charge in [-0.1, -0.05) is 18.2 Å². The van der Waals surface area contributed by atoms with E-state index in [1.54, 1.807) is 30.1 Å². The minimum absolute atomic E-state index is 0.0310. The molecule has 124 valence electrons. The first-order chi connectivity index (χ1) is 11.1. The van der Waals surface area contributed by atoms with Crippen molar-refractivity contribution in [1.82, 2.24) is 9.80 Å². The molecule has 23 heavy (non-hydrogen) atoms. The monoisotopic (exact) mass is 336 g/mol. The number of benzene rings is 1. The SMILES string of the molecule is CN1C(=O)CC[C@H](C(=O)N2CCSCC2)[C@H]1c1ccccc1F. The van der Waals surface area contributed by atoms with E-state index in [0.717, 1.165) is 24.6 Å². The van der Waals surface area contributed by atoms with E-state index in [1.807, 2.05) is 16.7 Å². The highest BCUT2D eigenvalue weighted by molar-refractivity contribution is 7.99. The quantitative estimate of drug-likeness (QED) is 0.832. The van der Waals surface area contributed by atoms with Crippen molar-refractivity contribution < 1.29 is 14.0 Å². The highest BCUT2D eigenvalue weighted by Crippen LogP contribution is 2.38. The molecule has 0 aromatic heterocycles. The first-order valence-corrected chi connectivity index (χ1v) is 9.11. The number of nitrogens with zero attached hydrogens (tertiary/aromatic N) is 2. The number of amides is 2. The lowest BCUT2D eigenvalue weighted by Crippen LogP contribution is -2.49. The summed E-state index contributed by atoms with van der Waals surface area (Å²) in [5.41, 5.74) is 0.438. The molecule has 3 rings (SSSR count). The Bertz CT molecular complexity index is 604. The summed E-state index contributed by atoms with van der Waals surface area (Å²) in [7, 11) is 1.67. The molecule has 2 heterocycles. The van der Waals surface area contributed by atoms with Crippen LogP contribution < -0.4 is 0 Å². The zero-order valence-electron chi connectivity index (χ0n) is 13.2. The number of piperidine rings is 1. The lowest BCUT2D eigenvalue weighted by atomic mass is 9.83. The van der Waals surface area contributed by atoms with Gasteiger partial charge in [0, 0.05) is 43.6 Å². The Morgan fingerprint density at radius 3 is 2.65 bits per heavy atom. The molecule has 0 unspecified atom stereocenters. The summed E-state index contributed by atoms with van der Waals surface area (Å²) in [4.78, 5) is 28.5. The summed E-state index contributed by atoms with van der Waals surface area (Å²) in [6.07, 6.45) is 0.838. The predicted octanol–water partition coefficient (Wildman–Crippen LogP) is 2.31. The maximum absolute atomic E-state index is 14.3. The van der Waals surface area contributed by atoms with E-state index in [4.69, 9.17) is 0 Å². The fourth-order valence-electron chi connectivity index (χ4n) is 3.46.